The summed E-state index contributed by atoms with van der Waals surface area (Å²) in [6.07, 6.45) is 5.98. The van der Waals surface area contributed by atoms with Crippen LogP contribution in [0.25, 0.3) is 10.2 Å². The molecule has 1 saturated heterocycles. The van der Waals surface area contributed by atoms with Crippen molar-refractivity contribution < 1.29 is 9.53 Å². The van der Waals surface area contributed by atoms with Crippen molar-refractivity contribution in [1.29, 1.82) is 0 Å². The lowest BCUT2D eigenvalue weighted by atomic mass is 9.82. The van der Waals surface area contributed by atoms with E-state index in [-0.39, 0.29) is 23.8 Å². The molecule has 3 heterocycles. The van der Waals surface area contributed by atoms with Crippen molar-refractivity contribution in [2.75, 3.05) is 32.8 Å². The molecule has 2 aliphatic rings. The van der Waals surface area contributed by atoms with Gasteiger partial charge in [-0.05, 0) is 36.4 Å². The number of thiazole rings is 1. The van der Waals surface area contributed by atoms with E-state index < -0.39 is 0 Å². The second-order valence-corrected chi connectivity index (χ2v) is 10.1. The standard InChI is InChI=1S/C24H27N3O2S2/c28-23(25-16-20(22-10-5-15-30-22)27-11-13-29-14-12-27)17-6-1-2-7-18(17)24-26-19-8-3-4-9-21(19)31-24/h1-5,8-10,15,17-18,20H,6-7,11-14,16H2,(H,25,28)/t17-,18-,20-/m1/s1. The minimum absolute atomic E-state index is 0.0702. The molecule has 1 aliphatic heterocycles. The minimum atomic E-state index is -0.0702. The Balaban J connectivity index is 1.31. The number of rotatable bonds is 6. The van der Waals surface area contributed by atoms with Crippen molar-refractivity contribution in [3.05, 3.63) is 63.8 Å². The fourth-order valence-corrected chi connectivity index (χ4v) is 6.54. The molecule has 7 heteroatoms. The smallest absolute Gasteiger partial charge is 0.224 e. The number of benzene rings is 1. The number of thiophene rings is 1. The fraction of sp³-hybridized carbons (Fsp3) is 0.417. The lowest BCUT2D eigenvalue weighted by Crippen LogP contribution is -2.45. The zero-order valence-electron chi connectivity index (χ0n) is 17.4. The predicted molar refractivity (Wildman–Crippen MR) is 127 cm³/mol. The van der Waals surface area contributed by atoms with Crippen LogP contribution in [0.15, 0.2) is 53.9 Å². The van der Waals surface area contributed by atoms with Crippen molar-refractivity contribution in [3.63, 3.8) is 0 Å². The first-order valence-electron chi connectivity index (χ1n) is 10.9. The maximum absolute atomic E-state index is 13.3. The van der Waals surface area contributed by atoms with E-state index in [4.69, 9.17) is 9.72 Å². The van der Waals surface area contributed by atoms with Crippen LogP contribution in [0.1, 0.15) is 34.7 Å². The number of allylic oxidation sites excluding steroid dienone is 2. The largest absolute Gasteiger partial charge is 0.379 e. The predicted octanol–water partition coefficient (Wildman–Crippen LogP) is 4.60. The number of nitrogens with zero attached hydrogens (tertiary/aromatic N) is 2. The van der Waals surface area contributed by atoms with Crippen LogP contribution in [0, 0.1) is 5.92 Å². The summed E-state index contributed by atoms with van der Waals surface area (Å²) in [7, 11) is 0. The number of amides is 1. The molecule has 3 aromatic rings. The summed E-state index contributed by atoms with van der Waals surface area (Å²) in [4.78, 5) is 21.9. The van der Waals surface area contributed by atoms with Gasteiger partial charge in [-0.15, -0.1) is 22.7 Å². The van der Waals surface area contributed by atoms with E-state index in [2.05, 4.69) is 52.0 Å². The summed E-state index contributed by atoms with van der Waals surface area (Å²) in [6, 6.07) is 12.7. The highest BCUT2D eigenvalue weighted by molar-refractivity contribution is 7.18. The number of carbonyl (C=O) groups is 1. The number of fused-ring (bicyclic) bond motifs is 1. The number of aromatic nitrogens is 1. The van der Waals surface area contributed by atoms with Gasteiger partial charge in [-0.2, -0.15) is 0 Å². The van der Waals surface area contributed by atoms with Gasteiger partial charge in [0, 0.05) is 30.4 Å². The van der Waals surface area contributed by atoms with E-state index in [1.54, 1.807) is 22.7 Å². The molecule has 5 nitrogen and oxygen atoms in total. The Morgan fingerprint density at radius 1 is 1.16 bits per heavy atom. The number of hydrogen-bond donors (Lipinski definition) is 1. The molecule has 0 radical (unpaired) electrons. The van der Waals surface area contributed by atoms with E-state index in [0.717, 1.165) is 49.7 Å². The van der Waals surface area contributed by atoms with Gasteiger partial charge < -0.3 is 10.1 Å². The van der Waals surface area contributed by atoms with Crippen LogP contribution < -0.4 is 5.32 Å². The number of nitrogens with one attached hydrogen (secondary N) is 1. The van der Waals surface area contributed by atoms with Crippen LogP contribution in [0.4, 0.5) is 0 Å². The highest BCUT2D eigenvalue weighted by atomic mass is 32.1. The van der Waals surface area contributed by atoms with Gasteiger partial charge in [0.25, 0.3) is 0 Å². The molecule has 0 spiro atoms. The van der Waals surface area contributed by atoms with Gasteiger partial charge in [0.05, 0.1) is 40.4 Å². The van der Waals surface area contributed by atoms with E-state index in [0.29, 0.717) is 6.54 Å². The molecule has 162 valence electrons. The van der Waals surface area contributed by atoms with Gasteiger partial charge in [0.1, 0.15) is 0 Å². The summed E-state index contributed by atoms with van der Waals surface area (Å²) >= 11 is 3.48. The van der Waals surface area contributed by atoms with Crippen molar-refractivity contribution >= 4 is 38.8 Å². The summed E-state index contributed by atoms with van der Waals surface area (Å²) < 4.78 is 6.73. The molecule has 1 aliphatic carbocycles. The molecular weight excluding hydrogens is 426 g/mol. The quantitative estimate of drug-likeness (QED) is 0.555. The number of para-hydroxylation sites is 1. The molecule has 31 heavy (non-hydrogen) atoms. The van der Waals surface area contributed by atoms with Crippen molar-refractivity contribution in [3.8, 4) is 0 Å². The van der Waals surface area contributed by atoms with Crippen LogP contribution in [-0.2, 0) is 9.53 Å². The average molecular weight is 454 g/mol. The van der Waals surface area contributed by atoms with Crippen LogP contribution in [0.3, 0.4) is 0 Å². The highest BCUT2D eigenvalue weighted by Crippen LogP contribution is 2.38. The Kier molecular flexibility index (Phi) is 6.45. The van der Waals surface area contributed by atoms with Gasteiger partial charge in [-0.3, -0.25) is 9.69 Å². The molecular formula is C24H27N3O2S2. The lowest BCUT2D eigenvalue weighted by Gasteiger charge is -2.34. The molecule has 5 rings (SSSR count). The van der Waals surface area contributed by atoms with Gasteiger partial charge in [0.15, 0.2) is 0 Å². The van der Waals surface area contributed by atoms with Crippen molar-refractivity contribution in [1.82, 2.24) is 15.2 Å². The van der Waals surface area contributed by atoms with Crippen LogP contribution in [0.2, 0.25) is 0 Å². The van der Waals surface area contributed by atoms with E-state index in [1.165, 1.54) is 9.58 Å². The van der Waals surface area contributed by atoms with Gasteiger partial charge >= 0.3 is 0 Å². The third-order valence-electron chi connectivity index (χ3n) is 6.22. The zero-order valence-corrected chi connectivity index (χ0v) is 19.0. The summed E-state index contributed by atoms with van der Waals surface area (Å²) in [5.41, 5.74) is 1.03. The molecule has 1 N–H and O–H groups in total. The monoisotopic (exact) mass is 453 g/mol. The Morgan fingerprint density at radius 3 is 2.81 bits per heavy atom. The number of carbonyl (C=O) groups excluding carboxylic acids is 1. The van der Waals surface area contributed by atoms with E-state index in [1.807, 2.05) is 12.1 Å². The topological polar surface area (TPSA) is 54.5 Å². The van der Waals surface area contributed by atoms with Gasteiger partial charge in [0.2, 0.25) is 5.91 Å². The Labute approximate surface area is 190 Å². The highest BCUT2D eigenvalue weighted by Gasteiger charge is 2.33. The molecule has 2 aromatic heterocycles. The van der Waals surface area contributed by atoms with Gasteiger partial charge in [-0.25, -0.2) is 4.98 Å². The van der Waals surface area contributed by atoms with Crippen LogP contribution >= 0.6 is 22.7 Å². The van der Waals surface area contributed by atoms with Crippen LogP contribution in [0.5, 0.6) is 0 Å². The Hall–Kier alpha value is -2.06. The maximum atomic E-state index is 13.3. The molecule has 0 bridgehead atoms. The first kappa shape index (κ1) is 20.8. The molecule has 0 unspecified atom stereocenters. The zero-order chi connectivity index (χ0) is 21.0. The fourth-order valence-electron chi connectivity index (χ4n) is 4.53. The normalized spacial score (nSPS) is 23.1. The van der Waals surface area contributed by atoms with Crippen molar-refractivity contribution in [2.45, 2.75) is 24.8 Å². The molecule has 1 aromatic carbocycles. The lowest BCUT2D eigenvalue weighted by molar-refractivity contribution is -0.126. The minimum Gasteiger partial charge on any atom is -0.379 e. The summed E-state index contributed by atoms with van der Waals surface area (Å²) in [5, 5.41) is 6.49. The van der Waals surface area contributed by atoms with E-state index in [9.17, 15) is 4.79 Å². The number of hydrogen-bond acceptors (Lipinski definition) is 6. The summed E-state index contributed by atoms with van der Waals surface area (Å²) in [6.45, 7) is 3.94. The Bertz CT molecular complexity index is 1010. The molecule has 1 amide bonds. The second kappa shape index (κ2) is 9.61. The number of morpholine rings is 1. The third-order valence-corrected chi connectivity index (χ3v) is 8.37. The molecule has 0 saturated carbocycles. The molecule has 3 atom stereocenters. The molecule has 1 fully saturated rings. The van der Waals surface area contributed by atoms with Crippen molar-refractivity contribution in [2.24, 2.45) is 5.92 Å². The van der Waals surface area contributed by atoms with Gasteiger partial charge in [-0.1, -0.05) is 30.4 Å². The summed E-state index contributed by atoms with van der Waals surface area (Å²) in [5.74, 6) is 0.216. The maximum Gasteiger partial charge on any atom is 0.224 e. The van der Waals surface area contributed by atoms with E-state index >= 15 is 0 Å². The van der Waals surface area contributed by atoms with Crippen LogP contribution in [-0.4, -0.2) is 48.6 Å². The SMILES string of the molecule is O=C(NC[C@H](c1cccs1)N1CCOCC1)[C@@H]1CC=CC[C@H]1c1nc2ccccc2s1. The first-order valence-corrected chi connectivity index (χ1v) is 12.6. The number of ether oxygens (including phenoxy) is 1. The first-order chi connectivity index (χ1) is 15.3. The third kappa shape index (κ3) is 4.60. The Morgan fingerprint density at radius 2 is 2.00 bits per heavy atom. The average Bonchev–Trinajstić information content (AvgIpc) is 3.50. The second-order valence-electron chi connectivity index (χ2n) is 8.10.